The first-order valence-corrected chi connectivity index (χ1v) is 8.73. The van der Waals surface area contributed by atoms with Crippen LogP contribution >= 0.6 is 11.6 Å². The first-order chi connectivity index (χ1) is 13.1. The van der Waals surface area contributed by atoms with Crippen LogP contribution in [0, 0.1) is 0 Å². The van der Waals surface area contributed by atoms with Crippen LogP contribution in [0.3, 0.4) is 0 Å². The number of nitrogens with one attached hydrogen (secondary N) is 1. The van der Waals surface area contributed by atoms with Crippen molar-refractivity contribution < 1.29 is 9.47 Å². The largest absolute Gasteiger partial charge is 0.493 e. The maximum Gasteiger partial charge on any atom is 0.293 e. The molecule has 27 heavy (non-hydrogen) atoms. The lowest BCUT2D eigenvalue weighted by Gasteiger charge is -2.11. The van der Waals surface area contributed by atoms with Gasteiger partial charge in [0, 0.05) is 24.0 Å². The molecule has 0 radical (unpaired) electrons. The van der Waals surface area contributed by atoms with Crippen LogP contribution in [0.5, 0.6) is 11.5 Å². The number of rotatable bonds is 7. The zero-order chi connectivity index (χ0) is 19.2. The number of anilines is 1. The van der Waals surface area contributed by atoms with Crippen LogP contribution in [-0.4, -0.2) is 23.8 Å². The van der Waals surface area contributed by atoms with Crippen molar-refractivity contribution in [1.29, 1.82) is 0 Å². The summed E-state index contributed by atoms with van der Waals surface area (Å²) in [5.74, 6) is 1.59. The number of ether oxygens (including phenoxy) is 2. The lowest BCUT2D eigenvalue weighted by Crippen LogP contribution is -2.24. The van der Waals surface area contributed by atoms with Gasteiger partial charge >= 0.3 is 0 Å². The van der Waals surface area contributed by atoms with E-state index in [0.717, 1.165) is 11.1 Å². The number of benzene rings is 2. The van der Waals surface area contributed by atoms with Crippen LogP contribution in [0.4, 0.5) is 5.82 Å². The van der Waals surface area contributed by atoms with Crippen molar-refractivity contribution in [3.8, 4) is 11.5 Å². The van der Waals surface area contributed by atoms with E-state index in [2.05, 4.69) is 10.3 Å². The number of halogens is 1. The highest BCUT2D eigenvalue weighted by Crippen LogP contribution is 2.27. The maximum absolute atomic E-state index is 12.7. The molecule has 2 aromatic carbocycles. The molecule has 0 aliphatic carbocycles. The Balaban J connectivity index is 1.74. The molecule has 0 spiro atoms. The Morgan fingerprint density at radius 2 is 1.74 bits per heavy atom. The molecule has 0 aliphatic rings. The van der Waals surface area contributed by atoms with Gasteiger partial charge in [0.2, 0.25) is 0 Å². The molecule has 1 heterocycles. The van der Waals surface area contributed by atoms with E-state index in [1.807, 2.05) is 30.3 Å². The standard InChI is InChI=1S/C20H20ClN3O3/c1-26-17-8-5-15(11-18(17)27-2)12-23-19-20(25)24(10-9-22-19)13-14-3-6-16(21)7-4-14/h3-11H,12-13H2,1-2H3,(H,22,23). The summed E-state index contributed by atoms with van der Waals surface area (Å²) in [6, 6.07) is 13.0. The van der Waals surface area contributed by atoms with E-state index in [-0.39, 0.29) is 5.56 Å². The average molecular weight is 386 g/mol. The van der Waals surface area contributed by atoms with E-state index >= 15 is 0 Å². The summed E-state index contributed by atoms with van der Waals surface area (Å²) in [6.45, 7) is 0.886. The molecule has 0 saturated heterocycles. The van der Waals surface area contributed by atoms with Gasteiger partial charge in [-0.15, -0.1) is 0 Å². The summed E-state index contributed by atoms with van der Waals surface area (Å²) < 4.78 is 12.1. The molecule has 0 aliphatic heterocycles. The molecule has 0 fully saturated rings. The Morgan fingerprint density at radius 1 is 1.04 bits per heavy atom. The van der Waals surface area contributed by atoms with Crippen molar-refractivity contribution in [3.63, 3.8) is 0 Å². The molecule has 7 heteroatoms. The average Bonchev–Trinajstić information content (AvgIpc) is 2.70. The third-order valence-corrected chi connectivity index (χ3v) is 4.34. The van der Waals surface area contributed by atoms with Crippen molar-refractivity contribution in [2.24, 2.45) is 0 Å². The predicted molar refractivity (Wildman–Crippen MR) is 106 cm³/mol. The minimum Gasteiger partial charge on any atom is -0.493 e. The molecule has 1 N–H and O–H groups in total. The Hall–Kier alpha value is -2.99. The van der Waals surface area contributed by atoms with Crippen molar-refractivity contribution in [3.05, 3.63) is 81.4 Å². The molecule has 0 saturated carbocycles. The molecule has 1 aromatic heterocycles. The minimum atomic E-state index is -0.187. The van der Waals surface area contributed by atoms with Gasteiger partial charge < -0.3 is 19.4 Å². The van der Waals surface area contributed by atoms with Gasteiger partial charge in [-0.25, -0.2) is 4.98 Å². The molecule has 0 amide bonds. The molecule has 0 unspecified atom stereocenters. The number of hydrogen-bond acceptors (Lipinski definition) is 5. The zero-order valence-corrected chi connectivity index (χ0v) is 15.9. The first-order valence-electron chi connectivity index (χ1n) is 8.35. The summed E-state index contributed by atoms with van der Waals surface area (Å²) >= 11 is 5.91. The normalized spacial score (nSPS) is 10.5. The fourth-order valence-electron chi connectivity index (χ4n) is 2.66. The van der Waals surface area contributed by atoms with E-state index < -0.39 is 0 Å². The SMILES string of the molecule is COc1ccc(CNc2nccn(Cc3ccc(Cl)cc3)c2=O)cc1OC. The zero-order valence-electron chi connectivity index (χ0n) is 15.1. The monoisotopic (exact) mass is 385 g/mol. The number of methoxy groups -OCH3 is 2. The lowest BCUT2D eigenvalue weighted by molar-refractivity contribution is 0.354. The Labute approximate surface area is 162 Å². The first kappa shape index (κ1) is 18.8. The lowest BCUT2D eigenvalue weighted by atomic mass is 10.2. The fourth-order valence-corrected chi connectivity index (χ4v) is 2.78. The van der Waals surface area contributed by atoms with Gasteiger partial charge in [-0.3, -0.25) is 4.79 Å². The molecule has 0 atom stereocenters. The number of aromatic nitrogens is 2. The maximum atomic E-state index is 12.7. The van der Waals surface area contributed by atoms with Crippen molar-refractivity contribution in [2.75, 3.05) is 19.5 Å². The highest BCUT2D eigenvalue weighted by Gasteiger charge is 2.08. The van der Waals surface area contributed by atoms with Gasteiger partial charge in [-0.2, -0.15) is 0 Å². The summed E-state index contributed by atoms with van der Waals surface area (Å²) in [5, 5.41) is 3.76. The van der Waals surface area contributed by atoms with Gasteiger partial charge in [-0.05, 0) is 35.4 Å². The van der Waals surface area contributed by atoms with E-state index in [1.165, 1.54) is 0 Å². The van der Waals surface area contributed by atoms with Crippen LogP contribution < -0.4 is 20.3 Å². The highest BCUT2D eigenvalue weighted by molar-refractivity contribution is 6.30. The third-order valence-electron chi connectivity index (χ3n) is 4.09. The Morgan fingerprint density at radius 3 is 2.44 bits per heavy atom. The molecule has 140 valence electrons. The highest BCUT2D eigenvalue weighted by atomic mass is 35.5. The van der Waals surface area contributed by atoms with Gasteiger partial charge in [0.25, 0.3) is 5.56 Å². The van der Waals surface area contributed by atoms with Crippen molar-refractivity contribution in [2.45, 2.75) is 13.1 Å². The van der Waals surface area contributed by atoms with Crippen LogP contribution in [-0.2, 0) is 13.1 Å². The molecule has 6 nitrogen and oxygen atoms in total. The number of hydrogen-bond donors (Lipinski definition) is 1. The van der Waals surface area contributed by atoms with Crippen LogP contribution in [0.1, 0.15) is 11.1 Å². The third kappa shape index (κ3) is 4.60. The summed E-state index contributed by atoms with van der Waals surface area (Å²) in [7, 11) is 3.18. The summed E-state index contributed by atoms with van der Waals surface area (Å²) in [5.41, 5.74) is 1.74. The Kier molecular flexibility index (Phi) is 5.98. The van der Waals surface area contributed by atoms with E-state index in [1.54, 1.807) is 43.3 Å². The van der Waals surface area contributed by atoms with Gasteiger partial charge in [0.05, 0.1) is 20.8 Å². The molecule has 0 bridgehead atoms. The Bertz CT molecular complexity index is 971. The van der Waals surface area contributed by atoms with Crippen molar-refractivity contribution >= 4 is 17.4 Å². The second kappa shape index (κ2) is 8.60. The van der Waals surface area contributed by atoms with Crippen LogP contribution in [0.2, 0.25) is 5.02 Å². The van der Waals surface area contributed by atoms with Gasteiger partial charge in [-0.1, -0.05) is 29.8 Å². The van der Waals surface area contributed by atoms with Crippen LogP contribution in [0.25, 0.3) is 0 Å². The number of nitrogens with zero attached hydrogens (tertiary/aromatic N) is 2. The molecular weight excluding hydrogens is 366 g/mol. The summed E-state index contributed by atoms with van der Waals surface area (Å²) in [4.78, 5) is 16.8. The quantitative estimate of drug-likeness (QED) is 0.673. The van der Waals surface area contributed by atoms with E-state index in [0.29, 0.717) is 35.4 Å². The van der Waals surface area contributed by atoms with Gasteiger partial charge in [0.15, 0.2) is 17.3 Å². The van der Waals surface area contributed by atoms with Crippen molar-refractivity contribution in [1.82, 2.24) is 9.55 Å². The fraction of sp³-hybridized carbons (Fsp3) is 0.200. The smallest absolute Gasteiger partial charge is 0.293 e. The minimum absolute atomic E-state index is 0.187. The second-order valence-corrected chi connectivity index (χ2v) is 6.31. The molecule has 3 rings (SSSR count). The predicted octanol–water partition coefficient (Wildman–Crippen LogP) is 3.57. The molecular formula is C20H20ClN3O3. The second-order valence-electron chi connectivity index (χ2n) is 5.88. The van der Waals surface area contributed by atoms with E-state index in [9.17, 15) is 4.79 Å². The topological polar surface area (TPSA) is 65.4 Å². The van der Waals surface area contributed by atoms with E-state index in [4.69, 9.17) is 21.1 Å². The molecule has 3 aromatic rings. The summed E-state index contributed by atoms with van der Waals surface area (Å²) in [6.07, 6.45) is 3.27. The van der Waals surface area contributed by atoms with Gasteiger partial charge in [0.1, 0.15) is 0 Å². The van der Waals surface area contributed by atoms with Crippen LogP contribution in [0.15, 0.2) is 59.7 Å².